The van der Waals surface area contributed by atoms with E-state index in [9.17, 15) is 4.79 Å². The van der Waals surface area contributed by atoms with Gasteiger partial charge < -0.3 is 0 Å². The summed E-state index contributed by atoms with van der Waals surface area (Å²) < 4.78 is 1.46. The topological polar surface area (TPSA) is 22.0 Å². The molecule has 1 heterocycles. The van der Waals surface area contributed by atoms with E-state index in [0.29, 0.717) is 5.15 Å². The molecule has 0 aliphatic rings. The molecule has 66 valence electrons. The Morgan fingerprint density at radius 1 is 1.50 bits per heavy atom. The summed E-state index contributed by atoms with van der Waals surface area (Å²) in [7, 11) is 0. The van der Waals surface area contributed by atoms with Crippen molar-refractivity contribution < 1.29 is 4.79 Å². The van der Waals surface area contributed by atoms with Gasteiger partial charge in [-0.1, -0.05) is 32.4 Å². The van der Waals surface area contributed by atoms with Crippen LogP contribution < -0.4 is 0 Å². The SMILES string of the molecule is CC(C)(C)C(=O)n1cccc1Cl. The number of halogens is 1. The molecule has 2 nitrogen and oxygen atoms in total. The second-order valence-corrected chi connectivity index (χ2v) is 4.14. The third kappa shape index (κ3) is 1.69. The van der Waals surface area contributed by atoms with Gasteiger partial charge in [0.2, 0.25) is 5.91 Å². The van der Waals surface area contributed by atoms with Gasteiger partial charge in [0.1, 0.15) is 5.15 Å². The minimum atomic E-state index is -0.386. The zero-order valence-electron chi connectivity index (χ0n) is 7.47. The molecular weight excluding hydrogens is 174 g/mol. The van der Waals surface area contributed by atoms with Gasteiger partial charge in [-0.3, -0.25) is 9.36 Å². The van der Waals surface area contributed by atoms with Crippen molar-refractivity contribution >= 4 is 17.5 Å². The summed E-state index contributed by atoms with van der Waals surface area (Å²) >= 11 is 5.78. The number of carbonyl (C=O) groups excluding carboxylic acids is 1. The Balaban J connectivity index is 3.01. The van der Waals surface area contributed by atoms with Crippen LogP contribution in [0.3, 0.4) is 0 Å². The van der Waals surface area contributed by atoms with Crippen LogP contribution in [0.4, 0.5) is 0 Å². The number of hydrogen-bond donors (Lipinski definition) is 0. The molecule has 0 aliphatic carbocycles. The molecule has 0 bridgehead atoms. The quantitative estimate of drug-likeness (QED) is 0.609. The first-order chi connectivity index (χ1) is 5.43. The van der Waals surface area contributed by atoms with Gasteiger partial charge in [-0.05, 0) is 12.1 Å². The Morgan fingerprint density at radius 3 is 2.42 bits per heavy atom. The van der Waals surface area contributed by atoms with Gasteiger partial charge in [-0.2, -0.15) is 0 Å². The molecule has 3 heteroatoms. The maximum atomic E-state index is 11.6. The first-order valence-corrected chi connectivity index (χ1v) is 4.18. The van der Waals surface area contributed by atoms with E-state index in [-0.39, 0.29) is 11.3 Å². The first-order valence-electron chi connectivity index (χ1n) is 3.80. The Labute approximate surface area is 77.1 Å². The van der Waals surface area contributed by atoms with E-state index in [1.54, 1.807) is 18.3 Å². The second-order valence-electron chi connectivity index (χ2n) is 3.76. The molecule has 0 amide bonds. The van der Waals surface area contributed by atoms with Gasteiger partial charge in [-0.25, -0.2) is 0 Å². The second kappa shape index (κ2) is 2.94. The average Bonchev–Trinajstić information content (AvgIpc) is 2.31. The maximum Gasteiger partial charge on any atom is 0.237 e. The fourth-order valence-electron chi connectivity index (χ4n) is 0.886. The molecule has 0 aromatic carbocycles. The van der Waals surface area contributed by atoms with Gasteiger partial charge in [0.25, 0.3) is 0 Å². The first kappa shape index (κ1) is 9.33. The smallest absolute Gasteiger partial charge is 0.237 e. The molecule has 1 aromatic rings. The van der Waals surface area contributed by atoms with Gasteiger partial charge in [0, 0.05) is 11.6 Å². The zero-order chi connectivity index (χ0) is 9.35. The number of carbonyl (C=O) groups is 1. The Hall–Kier alpha value is -0.760. The number of hydrogen-bond acceptors (Lipinski definition) is 1. The summed E-state index contributed by atoms with van der Waals surface area (Å²) in [6.45, 7) is 5.60. The maximum absolute atomic E-state index is 11.6. The van der Waals surface area contributed by atoms with Crippen molar-refractivity contribution in [3.8, 4) is 0 Å². The third-order valence-electron chi connectivity index (χ3n) is 1.56. The van der Waals surface area contributed by atoms with Crippen molar-refractivity contribution in [3.63, 3.8) is 0 Å². The molecule has 1 rings (SSSR count). The van der Waals surface area contributed by atoms with Crippen molar-refractivity contribution in [1.82, 2.24) is 4.57 Å². The van der Waals surface area contributed by atoms with Gasteiger partial charge in [-0.15, -0.1) is 0 Å². The summed E-state index contributed by atoms with van der Waals surface area (Å²) in [5.74, 6) is 0.0116. The number of rotatable bonds is 0. The van der Waals surface area contributed by atoms with Gasteiger partial charge in [0.15, 0.2) is 0 Å². The minimum absolute atomic E-state index is 0.0116. The van der Waals surface area contributed by atoms with Crippen molar-refractivity contribution in [2.45, 2.75) is 20.8 Å². The molecule has 0 N–H and O–H groups in total. The van der Waals surface area contributed by atoms with E-state index in [0.717, 1.165) is 0 Å². The number of aromatic nitrogens is 1. The molecular formula is C9H12ClNO. The highest BCUT2D eigenvalue weighted by atomic mass is 35.5. The highest BCUT2D eigenvalue weighted by Gasteiger charge is 2.23. The van der Waals surface area contributed by atoms with Crippen LogP contribution in [0.25, 0.3) is 0 Å². The molecule has 0 aliphatic heterocycles. The summed E-state index contributed by atoms with van der Waals surface area (Å²) in [4.78, 5) is 11.6. The third-order valence-corrected chi connectivity index (χ3v) is 1.87. The molecule has 0 spiro atoms. The lowest BCUT2D eigenvalue weighted by atomic mass is 9.96. The standard InChI is InChI=1S/C9H12ClNO/c1-9(2,3)8(12)11-6-4-5-7(11)10/h4-6H,1-3H3. The van der Waals surface area contributed by atoms with Crippen molar-refractivity contribution in [2.75, 3.05) is 0 Å². The Kier molecular flexibility index (Phi) is 2.29. The predicted molar refractivity (Wildman–Crippen MR) is 49.5 cm³/mol. The van der Waals surface area contributed by atoms with Crippen molar-refractivity contribution in [1.29, 1.82) is 0 Å². The molecule has 1 aromatic heterocycles. The lowest BCUT2D eigenvalue weighted by Crippen LogP contribution is -2.26. The van der Waals surface area contributed by atoms with Crippen LogP contribution in [0.5, 0.6) is 0 Å². The van der Waals surface area contributed by atoms with Crippen LogP contribution in [0.2, 0.25) is 5.15 Å². The van der Waals surface area contributed by atoms with Crippen LogP contribution in [-0.2, 0) is 0 Å². The van der Waals surface area contributed by atoms with E-state index < -0.39 is 0 Å². The van der Waals surface area contributed by atoms with Crippen LogP contribution in [0, 0.1) is 5.41 Å². The fourth-order valence-corrected chi connectivity index (χ4v) is 1.09. The number of nitrogens with zero attached hydrogens (tertiary/aromatic N) is 1. The zero-order valence-corrected chi connectivity index (χ0v) is 8.22. The Morgan fingerprint density at radius 2 is 2.08 bits per heavy atom. The fraction of sp³-hybridized carbons (Fsp3) is 0.444. The molecule has 0 radical (unpaired) electrons. The van der Waals surface area contributed by atoms with E-state index in [1.807, 2.05) is 20.8 Å². The monoisotopic (exact) mass is 185 g/mol. The largest absolute Gasteiger partial charge is 0.277 e. The molecule has 12 heavy (non-hydrogen) atoms. The molecule has 0 atom stereocenters. The highest BCUT2D eigenvalue weighted by Crippen LogP contribution is 2.20. The van der Waals surface area contributed by atoms with Crippen LogP contribution in [-0.4, -0.2) is 10.5 Å². The van der Waals surface area contributed by atoms with Crippen LogP contribution >= 0.6 is 11.6 Å². The van der Waals surface area contributed by atoms with Crippen LogP contribution in [0.15, 0.2) is 18.3 Å². The van der Waals surface area contributed by atoms with Gasteiger partial charge in [0.05, 0.1) is 0 Å². The molecule has 0 saturated heterocycles. The van der Waals surface area contributed by atoms with Crippen molar-refractivity contribution in [2.24, 2.45) is 5.41 Å². The van der Waals surface area contributed by atoms with Crippen molar-refractivity contribution in [3.05, 3.63) is 23.5 Å². The Bertz CT molecular complexity index is 296. The minimum Gasteiger partial charge on any atom is -0.277 e. The van der Waals surface area contributed by atoms with Crippen LogP contribution in [0.1, 0.15) is 25.6 Å². The summed E-state index contributed by atoms with van der Waals surface area (Å²) in [5, 5.41) is 0.468. The lowest BCUT2D eigenvalue weighted by Gasteiger charge is -2.17. The van der Waals surface area contributed by atoms with Gasteiger partial charge >= 0.3 is 0 Å². The van der Waals surface area contributed by atoms with E-state index in [1.165, 1.54) is 4.57 Å². The normalized spacial score (nSPS) is 11.7. The van der Waals surface area contributed by atoms with E-state index in [2.05, 4.69) is 0 Å². The predicted octanol–water partition coefficient (Wildman–Crippen LogP) is 2.83. The highest BCUT2D eigenvalue weighted by molar-refractivity contribution is 6.30. The summed E-state index contributed by atoms with van der Waals surface area (Å²) in [6, 6.07) is 3.46. The van der Waals surface area contributed by atoms with E-state index in [4.69, 9.17) is 11.6 Å². The summed E-state index contributed by atoms with van der Waals surface area (Å²) in [6.07, 6.45) is 1.68. The molecule has 0 unspecified atom stereocenters. The molecule has 0 saturated carbocycles. The van der Waals surface area contributed by atoms with E-state index >= 15 is 0 Å². The average molecular weight is 186 g/mol. The molecule has 0 fully saturated rings. The lowest BCUT2D eigenvalue weighted by molar-refractivity contribution is 0.0767. The summed E-state index contributed by atoms with van der Waals surface area (Å²) in [5.41, 5.74) is -0.386.